The molecule has 1 aromatic rings. The van der Waals surface area contributed by atoms with Crippen molar-refractivity contribution in [1.82, 2.24) is 4.98 Å². The molecule has 0 N–H and O–H groups in total. The fraction of sp³-hybridized carbons (Fsp3) is 0.333. The van der Waals surface area contributed by atoms with Crippen molar-refractivity contribution >= 4 is 22.6 Å². The Morgan fingerprint density at radius 1 is 1.47 bits per heavy atom. The van der Waals surface area contributed by atoms with Crippen LogP contribution in [0.15, 0.2) is 6.20 Å². The average Bonchev–Trinajstić information content (AvgIpc) is 2.23. The van der Waals surface area contributed by atoms with Gasteiger partial charge in [-0.15, -0.1) is 13.2 Å². The predicted molar refractivity (Wildman–Crippen MR) is 57.8 cm³/mol. The lowest BCUT2D eigenvalue weighted by atomic mass is 10.1. The Morgan fingerprint density at radius 3 is 2.59 bits per heavy atom. The van der Waals surface area contributed by atoms with Crippen molar-refractivity contribution in [3.8, 4) is 11.8 Å². The van der Waals surface area contributed by atoms with Crippen molar-refractivity contribution in [1.29, 1.82) is 5.26 Å². The van der Waals surface area contributed by atoms with Crippen LogP contribution in [0.4, 0.5) is 17.6 Å². The number of nitrogens with zero attached hydrogens (tertiary/aromatic N) is 2. The van der Waals surface area contributed by atoms with Crippen LogP contribution >= 0.6 is 22.6 Å². The fourth-order valence-corrected chi connectivity index (χ4v) is 1.87. The van der Waals surface area contributed by atoms with Crippen LogP contribution in [-0.2, 0) is 13.1 Å². The highest BCUT2D eigenvalue weighted by molar-refractivity contribution is 14.1. The van der Waals surface area contributed by atoms with Gasteiger partial charge in [0.25, 0.3) is 0 Å². The van der Waals surface area contributed by atoms with Gasteiger partial charge in [0, 0.05) is 5.56 Å². The summed E-state index contributed by atoms with van der Waals surface area (Å²) in [6.45, 7) is -0.945. The van der Waals surface area contributed by atoms with E-state index in [1.807, 2.05) is 0 Å². The Bertz CT molecular complexity index is 456. The number of alkyl halides is 4. The molecule has 0 saturated carbocycles. The van der Waals surface area contributed by atoms with E-state index in [1.165, 1.54) is 0 Å². The van der Waals surface area contributed by atoms with Gasteiger partial charge in [0.05, 0.1) is 28.0 Å². The Hall–Kier alpha value is -1.11. The summed E-state index contributed by atoms with van der Waals surface area (Å²) in [5.41, 5.74) is 0.0721. The molecule has 17 heavy (non-hydrogen) atoms. The molecule has 0 aliphatic rings. The highest BCUT2D eigenvalue weighted by Crippen LogP contribution is 2.30. The zero-order valence-corrected chi connectivity index (χ0v) is 10.3. The van der Waals surface area contributed by atoms with E-state index >= 15 is 0 Å². The number of nitriles is 1. The molecular weight excluding hydrogens is 355 g/mol. The van der Waals surface area contributed by atoms with Crippen molar-refractivity contribution in [3.05, 3.63) is 21.0 Å². The lowest BCUT2D eigenvalue weighted by Gasteiger charge is -2.13. The summed E-state index contributed by atoms with van der Waals surface area (Å²) in [6, 6.07) is 1.74. The predicted octanol–water partition coefficient (Wildman–Crippen LogP) is 3.12. The van der Waals surface area contributed by atoms with Crippen molar-refractivity contribution < 1.29 is 22.3 Å². The largest absolute Gasteiger partial charge is 0.573 e. The summed E-state index contributed by atoms with van der Waals surface area (Å²) >= 11 is 1.57. The molecule has 0 fully saturated rings. The molecule has 0 saturated heterocycles. The van der Waals surface area contributed by atoms with Crippen LogP contribution in [0.3, 0.4) is 0 Å². The highest BCUT2D eigenvalue weighted by Gasteiger charge is 2.32. The van der Waals surface area contributed by atoms with Gasteiger partial charge < -0.3 is 4.74 Å². The zero-order chi connectivity index (χ0) is 13.1. The van der Waals surface area contributed by atoms with E-state index in [9.17, 15) is 17.6 Å². The Balaban J connectivity index is 3.19. The molecular formula is C9H5F4IN2O. The molecule has 0 spiro atoms. The van der Waals surface area contributed by atoms with Gasteiger partial charge in [0.15, 0.2) is 5.75 Å². The molecule has 1 aromatic heterocycles. The summed E-state index contributed by atoms with van der Waals surface area (Å²) in [7, 11) is 0. The first-order valence-electron chi connectivity index (χ1n) is 4.24. The summed E-state index contributed by atoms with van der Waals surface area (Å²) in [5, 5.41) is 8.52. The number of pyridine rings is 1. The van der Waals surface area contributed by atoms with Crippen molar-refractivity contribution in [2.75, 3.05) is 0 Å². The zero-order valence-electron chi connectivity index (χ0n) is 8.18. The van der Waals surface area contributed by atoms with E-state index < -0.39 is 18.8 Å². The van der Waals surface area contributed by atoms with Crippen LogP contribution < -0.4 is 4.74 Å². The third-order valence-corrected chi connectivity index (χ3v) is 2.96. The molecule has 92 valence electrons. The maximum absolute atomic E-state index is 12.5. The second-order valence-electron chi connectivity index (χ2n) is 2.88. The molecule has 0 aromatic carbocycles. The van der Waals surface area contributed by atoms with Crippen molar-refractivity contribution in [2.24, 2.45) is 0 Å². The van der Waals surface area contributed by atoms with Gasteiger partial charge >= 0.3 is 6.36 Å². The first-order valence-corrected chi connectivity index (χ1v) is 5.31. The molecule has 1 rings (SSSR count). The lowest BCUT2D eigenvalue weighted by Crippen LogP contribution is -2.18. The lowest BCUT2D eigenvalue weighted by molar-refractivity contribution is -0.275. The van der Waals surface area contributed by atoms with E-state index in [4.69, 9.17) is 5.26 Å². The Labute approximate surface area is 108 Å². The average molecular weight is 360 g/mol. The molecule has 0 radical (unpaired) electrons. The quantitative estimate of drug-likeness (QED) is 0.615. The smallest absolute Gasteiger partial charge is 0.403 e. The minimum absolute atomic E-state index is 0.0455. The summed E-state index contributed by atoms with van der Waals surface area (Å²) in [6.07, 6.45) is -4.27. The molecule has 3 nitrogen and oxygen atoms in total. The monoisotopic (exact) mass is 360 g/mol. The van der Waals surface area contributed by atoms with E-state index in [0.29, 0.717) is 0 Å². The first kappa shape index (κ1) is 14.0. The number of halogens is 5. The topological polar surface area (TPSA) is 45.9 Å². The molecule has 1 heterocycles. The van der Waals surface area contributed by atoms with Gasteiger partial charge in [0.1, 0.15) is 6.67 Å². The summed E-state index contributed by atoms with van der Waals surface area (Å²) in [4.78, 5) is 3.50. The third kappa shape index (κ3) is 3.69. The van der Waals surface area contributed by atoms with Crippen LogP contribution in [-0.4, -0.2) is 11.3 Å². The van der Waals surface area contributed by atoms with Gasteiger partial charge in [-0.25, -0.2) is 4.39 Å². The first-order chi connectivity index (χ1) is 7.89. The molecule has 0 aliphatic heterocycles. The molecule has 0 unspecified atom stereocenters. The normalized spacial score (nSPS) is 11.1. The number of hydrogen-bond acceptors (Lipinski definition) is 3. The van der Waals surface area contributed by atoms with Crippen LogP contribution in [0.1, 0.15) is 11.3 Å². The van der Waals surface area contributed by atoms with Gasteiger partial charge in [-0.2, -0.15) is 5.26 Å². The second kappa shape index (κ2) is 5.48. The molecule has 0 atom stereocenters. The van der Waals surface area contributed by atoms with Crippen molar-refractivity contribution in [2.45, 2.75) is 19.5 Å². The second-order valence-corrected chi connectivity index (χ2v) is 3.96. The molecule has 0 amide bonds. The SMILES string of the molecule is N#CCc1c(CF)ncc(OC(F)(F)F)c1I. The number of rotatable bonds is 3. The Morgan fingerprint density at radius 2 is 2.12 bits per heavy atom. The van der Waals surface area contributed by atoms with Gasteiger partial charge in [-0.05, 0) is 22.6 Å². The minimum Gasteiger partial charge on any atom is -0.403 e. The molecule has 0 aliphatic carbocycles. The van der Waals surface area contributed by atoms with E-state index in [-0.39, 0.29) is 21.2 Å². The maximum Gasteiger partial charge on any atom is 0.573 e. The van der Waals surface area contributed by atoms with Crippen LogP contribution in [0.25, 0.3) is 0 Å². The summed E-state index contributed by atoms with van der Waals surface area (Å²) < 4.78 is 52.4. The number of aromatic nitrogens is 1. The van der Waals surface area contributed by atoms with E-state index in [1.54, 1.807) is 28.7 Å². The van der Waals surface area contributed by atoms with E-state index in [2.05, 4.69) is 9.72 Å². The standard InChI is InChI=1S/C9H5F4IN2O/c10-3-6-5(1-2-15)8(14)7(4-16-6)17-9(11,12)13/h4H,1,3H2. The van der Waals surface area contributed by atoms with Gasteiger partial charge in [-0.1, -0.05) is 0 Å². The maximum atomic E-state index is 12.5. The Kier molecular flexibility index (Phi) is 4.50. The van der Waals surface area contributed by atoms with Crippen molar-refractivity contribution in [3.63, 3.8) is 0 Å². The third-order valence-electron chi connectivity index (χ3n) is 1.78. The highest BCUT2D eigenvalue weighted by atomic mass is 127. The molecule has 0 bridgehead atoms. The van der Waals surface area contributed by atoms with E-state index in [0.717, 1.165) is 6.20 Å². The van der Waals surface area contributed by atoms with Crippen LogP contribution in [0.2, 0.25) is 0 Å². The minimum atomic E-state index is -4.84. The molecule has 8 heteroatoms. The van der Waals surface area contributed by atoms with Gasteiger partial charge in [0.2, 0.25) is 0 Å². The van der Waals surface area contributed by atoms with Gasteiger partial charge in [-0.3, -0.25) is 4.98 Å². The fourth-order valence-electron chi connectivity index (χ4n) is 1.12. The van der Waals surface area contributed by atoms with Crippen LogP contribution in [0.5, 0.6) is 5.75 Å². The summed E-state index contributed by atoms with van der Waals surface area (Å²) in [5.74, 6) is -0.527. The van der Waals surface area contributed by atoms with Crippen LogP contribution in [0, 0.1) is 14.9 Å². The number of hydrogen-bond donors (Lipinski definition) is 0. The number of ether oxygens (including phenoxy) is 1.